The highest BCUT2D eigenvalue weighted by Gasteiger charge is 2.18. The Balaban J connectivity index is 0.000000968. The molecule has 2 aromatic heterocycles. The van der Waals surface area contributed by atoms with Gasteiger partial charge in [0.25, 0.3) is 0 Å². The summed E-state index contributed by atoms with van der Waals surface area (Å²) in [6.07, 6.45) is 2.95. The van der Waals surface area contributed by atoms with Crippen LogP contribution in [0.4, 0.5) is 11.8 Å². The fourth-order valence-electron chi connectivity index (χ4n) is 3.78. The van der Waals surface area contributed by atoms with E-state index in [0.29, 0.717) is 17.9 Å². The molecular formula is C25H31N5O3. The highest BCUT2D eigenvalue weighted by Crippen LogP contribution is 2.34. The number of nitrogens with two attached hydrogens (primary N) is 1. The molecule has 0 saturated carbocycles. The van der Waals surface area contributed by atoms with E-state index in [1.54, 1.807) is 20.1 Å². The number of carbonyl (C=O) groups is 1. The minimum Gasteiger partial charge on any atom is -0.496 e. The summed E-state index contributed by atoms with van der Waals surface area (Å²) in [5.74, 6) is 1.68. The second-order valence-corrected chi connectivity index (χ2v) is 7.52. The van der Waals surface area contributed by atoms with Gasteiger partial charge in [-0.15, -0.1) is 0 Å². The van der Waals surface area contributed by atoms with Gasteiger partial charge in [0.05, 0.1) is 19.2 Å². The molecule has 4 rings (SSSR count). The Labute approximate surface area is 193 Å². The van der Waals surface area contributed by atoms with Gasteiger partial charge < -0.3 is 25.5 Å². The number of unbranched alkanes of at least 4 members (excludes halogenated alkanes) is 1. The van der Waals surface area contributed by atoms with E-state index in [0.717, 1.165) is 58.9 Å². The lowest BCUT2D eigenvalue weighted by molar-refractivity contribution is 0.112. The van der Waals surface area contributed by atoms with Crippen molar-refractivity contribution in [3.63, 3.8) is 0 Å². The number of aromatic nitrogens is 3. The van der Waals surface area contributed by atoms with Crippen molar-refractivity contribution in [1.29, 1.82) is 0 Å². The Hall–Kier alpha value is -3.65. The maximum absolute atomic E-state index is 11.3. The number of anilines is 2. The van der Waals surface area contributed by atoms with Crippen molar-refractivity contribution in [2.45, 2.75) is 33.2 Å². The van der Waals surface area contributed by atoms with Crippen LogP contribution in [0.25, 0.3) is 21.9 Å². The summed E-state index contributed by atoms with van der Waals surface area (Å²) in [5, 5.41) is 12.0. The molecule has 2 heterocycles. The molecule has 0 bridgehead atoms. The number of nitrogens with zero attached hydrogens (tertiary/aromatic N) is 3. The largest absolute Gasteiger partial charge is 0.496 e. The summed E-state index contributed by atoms with van der Waals surface area (Å²) < 4.78 is 7.71. The average Bonchev–Trinajstić information content (AvgIpc) is 3.13. The summed E-state index contributed by atoms with van der Waals surface area (Å²) in [6.45, 7) is 5.38. The number of fused-ring (bicyclic) bond motifs is 3. The Morgan fingerprint density at radius 3 is 2.64 bits per heavy atom. The molecule has 0 aliphatic rings. The van der Waals surface area contributed by atoms with Crippen molar-refractivity contribution in [2.75, 3.05) is 31.3 Å². The lowest BCUT2D eigenvalue weighted by Crippen LogP contribution is -2.09. The van der Waals surface area contributed by atoms with E-state index in [1.165, 1.54) is 0 Å². The number of nitrogen functional groups attached to an aromatic ring is 1. The van der Waals surface area contributed by atoms with Gasteiger partial charge in [0, 0.05) is 29.7 Å². The van der Waals surface area contributed by atoms with Crippen LogP contribution in [-0.2, 0) is 6.54 Å². The number of nitrogens with one attached hydrogen (secondary N) is 1. The van der Waals surface area contributed by atoms with Crippen molar-refractivity contribution < 1.29 is 14.6 Å². The molecule has 0 spiro atoms. The van der Waals surface area contributed by atoms with Crippen LogP contribution >= 0.6 is 0 Å². The molecule has 0 atom stereocenters. The van der Waals surface area contributed by atoms with Crippen molar-refractivity contribution in [1.82, 2.24) is 14.5 Å². The number of aliphatic hydroxyl groups excluding tert-OH is 1. The number of ether oxygens (including phenoxy) is 1. The van der Waals surface area contributed by atoms with Gasteiger partial charge in [-0.2, -0.15) is 4.98 Å². The molecular weight excluding hydrogens is 418 g/mol. The first-order chi connectivity index (χ1) is 16.1. The Bertz CT molecular complexity index is 1240. The van der Waals surface area contributed by atoms with Crippen LogP contribution in [0.3, 0.4) is 0 Å². The minimum atomic E-state index is 0.241. The van der Waals surface area contributed by atoms with Crippen molar-refractivity contribution in [2.24, 2.45) is 0 Å². The fourth-order valence-corrected chi connectivity index (χ4v) is 3.78. The summed E-state index contributed by atoms with van der Waals surface area (Å²) in [7, 11) is 1.63. The quantitative estimate of drug-likeness (QED) is 0.272. The van der Waals surface area contributed by atoms with E-state index < -0.39 is 0 Å². The molecule has 2 aromatic carbocycles. The monoisotopic (exact) mass is 449 g/mol. The predicted octanol–water partition coefficient (Wildman–Crippen LogP) is 4.25. The summed E-state index contributed by atoms with van der Waals surface area (Å²) in [4.78, 5) is 20.4. The van der Waals surface area contributed by atoms with Crippen LogP contribution in [0.5, 0.6) is 5.75 Å². The number of benzene rings is 2. The van der Waals surface area contributed by atoms with Crippen LogP contribution in [0.15, 0.2) is 42.5 Å². The third-order valence-corrected chi connectivity index (χ3v) is 5.21. The van der Waals surface area contributed by atoms with Crippen molar-refractivity contribution in [3.8, 4) is 5.75 Å². The van der Waals surface area contributed by atoms with E-state index in [-0.39, 0.29) is 12.6 Å². The third-order valence-electron chi connectivity index (χ3n) is 5.21. The van der Waals surface area contributed by atoms with Crippen LogP contribution in [0, 0.1) is 0 Å². The van der Waals surface area contributed by atoms with Crippen LogP contribution in [0.2, 0.25) is 0 Å². The lowest BCUT2D eigenvalue weighted by atomic mass is 10.1. The fraction of sp³-hybridized carbons (Fsp3) is 0.320. The van der Waals surface area contributed by atoms with Crippen molar-refractivity contribution in [3.05, 3.63) is 53.6 Å². The zero-order chi connectivity index (χ0) is 23.8. The van der Waals surface area contributed by atoms with Gasteiger partial charge >= 0.3 is 0 Å². The first-order valence-corrected chi connectivity index (χ1v) is 11.1. The molecule has 0 saturated heterocycles. The van der Waals surface area contributed by atoms with Gasteiger partial charge in [-0.25, -0.2) is 4.98 Å². The number of methoxy groups -OCH3 is 1. The number of aldehydes is 1. The Kier molecular flexibility index (Phi) is 8.21. The van der Waals surface area contributed by atoms with E-state index in [4.69, 9.17) is 15.6 Å². The van der Waals surface area contributed by atoms with Gasteiger partial charge in [0.15, 0.2) is 5.82 Å². The van der Waals surface area contributed by atoms with Gasteiger partial charge in [-0.1, -0.05) is 31.5 Å². The number of rotatable bonds is 8. The van der Waals surface area contributed by atoms with Gasteiger partial charge in [-0.05, 0) is 37.6 Å². The number of aliphatic hydroxyl groups is 1. The number of para-hydroxylation sites is 1. The van der Waals surface area contributed by atoms with Gasteiger partial charge in [-0.3, -0.25) is 4.79 Å². The van der Waals surface area contributed by atoms with E-state index in [9.17, 15) is 4.79 Å². The third kappa shape index (κ3) is 5.23. The SMILES string of the molecule is CCCCNc1nc(N)nc2c3ccccc3n(Cc3cc(C=O)ccc3OC)c12.CCO. The Morgan fingerprint density at radius 1 is 1.18 bits per heavy atom. The predicted molar refractivity (Wildman–Crippen MR) is 133 cm³/mol. The number of hydrogen-bond acceptors (Lipinski definition) is 7. The number of hydrogen-bond donors (Lipinski definition) is 3. The zero-order valence-electron chi connectivity index (χ0n) is 19.3. The second kappa shape index (κ2) is 11.3. The van der Waals surface area contributed by atoms with Crippen LogP contribution in [0.1, 0.15) is 42.6 Å². The van der Waals surface area contributed by atoms with Crippen LogP contribution < -0.4 is 15.8 Å². The second-order valence-electron chi connectivity index (χ2n) is 7.52. The summed E-state index contributed by atoms with van der Waals surface area (Å²) >= 11 is 0. The molecule has 174 valence electrons. The molecule has 0 amide bonds. The highest BCUT2D eigenvalue weighted by molar-refractivity contribution is 6.09. The van der Waals surface area contributed by atoms with E-state index in [1.807, 2.05) is 30.3 Å². The first kappa shape index (κ1) is 24.0. The molecule has 0 unspecified atom stereocenters. The molecule has 4 N–H and O–H groups in total. The van der Waals surface area contributed by atoms with E-state index in [2.05, 4.69) is 32.8 Å². The van der Waals surface area contributed by atoms with Gasteiger partial charge in [0.2, 0.25) is 5.95 Å². The normalized spacial score (nSPS) is 10.7. The van der Waals surface area contributed by atoms with Crippen LogP contribution in [-0.4, -0.2) is 46.2 Å². The Morgan fingerprint density at radius 2 is 1.94 bits per heavy atom. The maximum Gasteiger partial charge on any atom is 0.222 e. The molecule has 4 aromatic rings. The molecule has 0 radical (unpaired) electrons. The maximum atomic E-state index is 11.3. The lowest BCUT2D eigenvalue weighted by Gasteiger charge is -2.14. The minimum absolute atomic E-state index is 0.241. The molecule has 8 heteroatoms. The molecule has 0 fully saturated rings. The van der Waals surface area contributed by atoms with E-state index >= 15 is 0 Å². The summed E-state index contributed by atoms with van der Waals surface area (Å²) in [5.41, 5.74) is 10.3. The molecule has 8 nitrogen and oxygen atoms in total. The van der Waals surface area contributed by atoms with Gasteiger partial charge in [0.1, 0.15) is 23.1 Å². The topological polar surface area (TPSA) is 115 Å². The number of carbonyl (C=O) groups excluding carboxylic acids is 1. The standard InChI is InChI=1S/C23H25N5O2.C2H6O/c1-3-4-11-25-22-21-20(26-23(24)27-22)17-7-5-6-8-18(17)28(21)13-16-12-15(14-29)9-10-19(16)30-2;1-2-3/h5-10,12,14H,3-4,11,13H2,1-2H3,(H3,24,25,26,27);3H,2H2,1H3. The molecule has 33 heavy (non-hydrogen) atoms. The highest BCUT2D eigenvalue weighted by atomic mass is 16.5. The summed E-state index contributed by atoms with van der Waals surface area (Å²) in [6, 6.07) is 13.5. The zero-order valence-corrected chi connectivity index (χ0v) is 19.3. The van der Waals surface area contributed by atoms with Crippen molar-refractivity contribution >= 4 is 40.0 Å². The molecule has 0 aliphatic carbocycles. The first-order valence-electron chi connectivity index (χ1n) is 11.1. The molecule has 0 aliphatic heterocycles. The average molecular weight is 450 g/mol. The smallest absolute Gasteiger partial charge is 0.222 e.